The van der Waals surface area contributed by atoms with Crippen LogP contribution in [-0.4, -0.2) is 21.9 Å². The number of nitrogens with two attached hydrogens (primary N) is 1. The standard InChI is InChI=1S/C14H13FN4O2/c1-8-2-3-9(13(16)19-21)6-12(8)18-14(20)11-5-4-10(15)7-17-11/h2-7,21H,1H3,(H2,16,19)(H,18,20). The molecule has 0 saturated heterocycles. The summed E-state index contributed by atoms with van der Waals surface area (Å²) in [5, 5.41) is 14.2. The number of pyridine rings is 1. The molecule has 1 aromatic carbocycles. The summed E-state index contributed by atoms with van der Waals surface area (Å²) in [6, 6.07) is 7.40. The fourth-order valence-electron chi connectivity index (χ4n) is 1.67. The molecule has 0 saturated carbocycles. The van der Waals surface area contributed by atoms with Gasteiger partial charge in [-0.25, -0.2) is 9.37 Å². The number of amidine groups is 1. The maximum Gasteiger partial charge on any atom is 0.274 e. The average Bonchev–Trinajstić information content (AvgIpc) is 2.49. The molecule has 1 aromatic heterocycles. The fraction of sp³-hybridized carbons (Fsp3) is 0.0714. The topological polar surface area (TPSA) is 101 Å². The van der Waals surface area contributed by atoms with Gasteiger partial charge in [-0.2, -0.15) is 0 Å². The predicted molar refractivity (Wildman–Crippen MR) is 75.8 cm³/mol. The van der Waals surface area contributed by atoms with Crippen molar-refractivity contribution in [1.29, 1.82) is 0 Å². The smallest absolute Gasteiger partial charge is 0.274 e. The third-order valence-corrected chi connectivity index (χ3v) is 2.85. The van der Waals surface area contributed by atoms with Crippen LogP contribution in [0.15, 0.2) is 41.7 Å². The molecular formula is C14H13FN4O2. The second kappa shape index (κ2) is 6.00. The van der Waals surface area contributed by atoms with E-state index in [1.807, 2.05) is 0 Å². The maximum atomic E-state index is 12.8. The van der Waals surface area contributed by atoms with Crippen LogP contribution in [0.5, 0.6) is 0 Å². The van der Waals surface area contributed by atoms with Crippen molar-refractivity contribution in [3.8, 4) is 0 Å². The van der Waals surface area contributed by atoms with Crippen LogP contribution in [-0.2, 0) is 0 Å². The lowest BCUT2D eigenvalue weighted by Crippen LogP contribution is -2.17. The average molecular weight is 288 g/mol. The minimum Gasteiger partial charge on any atom is -0.409 e. The molecule has 0 fully saturated rings. The highest BCUT2D eigenvalue weighted by molar-refractivity contribution is 6.04. The van der Waals surface area contributed by atoms with E-state index in [1.165, 1.54) is 6.07 Å². The van der Waals surface area contributed by atoms with Gasteiger partial charge >= 0.3 is 0 Å². The number of hydrogen-bond acceptors (Lipinski definition) is 4. The number of amides is 1. The van der Waals surface area contributed by atoms with Crippen molar-refractivity contribution in [1.82, 2.24) is 4.98 Å². The predicted octanol–water partition coefficient (Wildman–Crippen LogP) is 1.88. The van der Waals surface area contributed by atoms with Gasteiger partial charge in [0.1, 0.15) is 11.5 Å². The van der Waals surface area contributed by atoms with Crippen LogP contribution in [0.25, 0.3) is 0 Å². The van der Waals surface area contributed by atoms with Gasteiger partial charge in [0.2, 0.25) is 0 Å². The molecule has 0 unspecified atom stereocenters. The highest BCUT2D eigenvalue weighted by atomic mass is 19.1. The van der Waals surface area contributed by atoms with Gasteiger partial charge in [-0.1, -0.05) is 17.3 Å². The first-order valence-corrected chi connectivity index (χ1v) is 6.02. The first-order valence-electron chi connectivity index (χ1n) is 6.02. The molecular weight excluding hydrogens is 275 g/mol. The molecule has 1 heterocycles. The molecule has 0 atom stereocenters. The number of nitrogens with one attached hydrogen (secondary N) is 1. The third-order valence-electron chi connectivity index (χ3n) is 2.85. The normalized spacial score (nSPS) is 11.2. The Balaban J connectivity index is 2.26. The summed E-state index contributed by atoms with van der Waals surface area (Å²) < 4.78 is 12.8. The minimum atomic E-state index is -0.517. The van der Waals surface area contributed by atoms with Crippen LogP contribution in [0.2, 0.25) is 0 Å². The Hall–Kier alpha value is -2.96. The highest BCUT2D eigenvalue weighted by Gasteiger charge is 2.11. The zero-order valence-corrected chi connectivity index (χ0v) is 11.2. The number of carbonyl (C=O) groups is 1. The molecule has 0 aliphatic heterocycles. The molecule has 2 rings (SSSR count). The van der Waals surface area contributed by atoms with E-state index >= 15 is 0 Å². The molecule has 0 radical (unpaired) electrons. The number of aryl methyl sites for hydroxylation is 1. The van der Waals surface area contributed by atoms with E-state index in [2.05, 4.69) is 15.5 Å². The molecule has 7 heteroatoms. The van der Waals surface area contributed by atoms with E-state index in [9.17, 15) is 9.18 Å². The zero-order chi connectivity index (χ0) is 15.4. The summed E-state index contributed by atoms with van der Waals surface area (Å²) in [7, 11) is 0. The summed E-state index contributed by atoms with van der Waals surface area (Å²) in [6.45, 7) is 1.80. The van der Waals surface area contributed by atoms with Crippen LogP contribution in [0.4, 0.5) is 10.1 Å². The van der Waals surface area contributed by atoms with E-state index in [1.54, 1.807) is 25.1 Å². The van der Waals surface area contributed by atoms with Gasteiger partial charge in [-0.3, -0.25) is 4.79 Å². The number of anilines is 1. The van der Waals surface area contributed by atoms with Gasteiger partial charge in [0.25, 0.3) is 5.91 Å². The molecule has 1 amide bonds. The highest BCUT2D eigenvalue weighted by Crippen LogP contribution is 2.17. The maximum absolute atomic E-state index is 12.8. The Labute approximate surface area is 120 Å². The molecule has 21 heavy (non-hydrogen) atoms. The number of aromatic nitrogens is 1. The lowest BCUT2D eigenvalue weighted by Gasteiger charge is -2.10. The SMILES string of the molecule is Cc1ccc(/C(N)=N/O)cc1NC(=O)c1ccc(F)cn1. The molecule has 4 N–H and O–H groups in total. The van der Waals surface area contributed by atoms with E-state index in [-0.39, 0.29) is 11.5 Å². The van der Waals surface area contributed by atoms with Crippen LogP contribution >= 0.6 is 0 Å². The summed E-state index contributed by atoms with van der Waals surface area (Å²) in [4.78, 5) is 15.7. The van der Waals surface area contributed by atoms with E-state index in [0.29, 0.717) is 11.3 Å². The van der Waals surface area contributed by atoms with E-state index < -0.39 is 11.7 Å². The van der Waals surface area contributed by atoms with Crippen molar-refractivity contribution in [3.63, 3.8) is 0 Å². The molecule has 6 nitrogen and oxygen atoms in total. The van der Waals surface area contributed by atoms with Crippen LogP contribution in [0.3, 0.4) is 0 Å². The van der Waals surface area contributed by atoms with Gasteiger partial charge < -0.3 is 16.3 Å². The van der Waals surface area contributed by atoms with Gasteiger partial charge in [-0.05, 0) is 30.7 Å². The van der Waals surface area contributed by atoms with E-state index in [4.69, 9.17) is 10.9 Å². The molecule has 0 aliphatic rings. The summed E-state index contributed by atoms with van der Waals surface area (Å²) in [6.07, 6.45) is 0.967. The fourth-order valence-corrected chi connectivity index (χ4v) is 1.67. The number of benzene rings is 1. The number of oxime groups is 1. The van der Waals surface area contributed by atoms with E-state index in [0.717, 1.165) is 17.8 Å². The lowest BCUT2D eigenvalue weighted by molar-refractivity contribution is 0.102. The van der Waals surface area contributed by atoms with Crippen molar-refractivity contribution >= 4 is 17.4 Å². The molecule has 0 bridgehead atoms. The number of rotatable bonds is 3. The van der Waals surface area contributed by atoms with Gasteiger partial charge in [0.15, 0.2) is 5.84 Å². The largest absolute Gasteiger partial charge is 0.409 e. The first kappa shape index (κ1) is 14.4. The number of nitrogens with zero attached hydrogens (tertiary/aromatic N) is 2. The van der Waals surface area contributed by atoms with Crippen LogP contribution in [0.1, 0.15) is 21.6 Å². The van der Waals surface area contributed by atoms with Crippen molar-refractivity contribution in [2.24, 2.45) is 10.9 Å². The molecule has 0 aliphatic carbocycles. The van der Waals surface area contributed by atoms with Crippen molar-refractivity contribution in [2.75, 3.05) is 5.32 Å². The summed E-state index contributed by atoms with van der Waals surface area (Å²) in [5.74, 6) is -1.06. The van der Waals surface area contributed by atoms with Crippen molar-refractivity contribution in [3.05, 3.63) is 59.2 Å². The first-order chi connectivity index (χ1) is 10.0. The number of halogens is 1. The second-order valence-electron chi connectivity index (χ2n) is 4.33. The minimum absolute atomic E-state index is 0.0644. The summed E-state index contributed by atoms with van der Waals surface area (Å²) in [5.41, 5.74) is 7.34. The zero-order valence-electron chi connectivity index (χ0n) is 11.2. The number of carbonyl (C=O) groups excluding carboxylic acids is 1. The van der Waals surface area contributed by atoms with Crippen molar-refractivity contribution < 1.29 is 14.4 Å². The Morgan fingerprint density at radius 3 is 2.76 bits per heavy atom. The third kappa shape index (κ3) is 3.33. The second-order valence-corrected chi connectivity index (χ2v) is 4.33. The van der Waals surface area contributed by atoms with Crippen molar-refractivity contribution in [2.45, 2.75) is 6.92 Å². The van der Waals surface area contributed by atoms with Gasteiger partial charge in [0, 0.05) is 11.3 Å². The monoisotopic (exact) mass is 288 g/mol. The van der Waals surface area contributed by atoms with Crippen LogP contribution in [0, 0.1) is 12.7 Å². The Morgan fingerprint density at radius 2 is 2.14 bits per heavy atom. The molecule has 0 spiro atoms. The quantitative estimate of drug-likeness (QED) is 0.347. The van der Waals surface area contributed by atoms with Crippen LogP contribution < -0.4 is 11.1 Å². The Bertz CT molecular complexity index is 699. The Morgan fingerprint density at radius 1 is 1.38 bits per heavy atom. The van der Waals surface area contributed by atoms with Gasteiger partial charge in [-0.15, -0.1) is 0 Å². The molecule has 2 aromatic rings. The summed E-state index contributed by atoms with van der Waals surface area (Å²) >= 11 is 0. The lowest BCUT2D eigenvalue weighted by atomic mass is 10.1. The number of hydrogen-bond donors (Lipinski definition) is 3. The van der Waals surface area contributed by atoms with Gasteiger partial charge in [0.05, 0.1) is 6.20 Å². The molecule has 108 valence electrons. The Kier molecular flexibility index (Phi) is 4.13.